The van der Waals surface area contributed by atoms with Crippen molar-refractivity contribution in [2.24, 2.45) is 0 Å². The van der Waals surface area contributed by atoms with Gasteiger partial charge in [-0.25, -0.2) is 0 Å². The van der Waals surface area contributed by atoms with Gasteiger partial charge in [0.1, 0.15) is 6.04 Å². The van der Waals surface area contributed by atoms with Gasteiger partial charge in [-0.15, -0.1) is 0 Å². The second-order valence-corrected chi connectivity index (χ2v) is 9.03. The summed E-state index contributed by atoms with van der Waals surface area (Å²) in [6, 6.07) is 15.4. The smallest absolute Gasteiger partial charge is 0.242 e. The van der Waals surface area contributed by atoms with Gasteiger partial charge in [0.15, 0.2) is 0 Å². The van der Waals surface area contributed by atoms with Crippen LogP contribution in [0.1, 0.15) is 62.1 Å². The van der Waals surface area contributed by atoms with Crippen molar-refractivity contribution in [1.82, 2.24) is 10.2 Å². The summed E-state index contributed by atoms with van der Waals surface area (Å²) in [5.41, 5.74) is 3.14. The second-order valence-electron chi connectivity index (χ2n) is 8.62. The first kappa shape index (κ1) is 23.3. The van der Waals surface area contributed by atoms with Crippen LogP contribution in [0.2, 0.25) is 5.02 Å². The summed E-state index contributed by atoms with van der Waals surface area (Å²) in [4.78, 5) is 28.0. The van der Waals surface area contributed by atoms with Crippen LogP contribution >= 0.6 is 11.6 Å². The van der Waals surface area contributed by atoms with Crippen molar-refractivity contribution < 1.29 is 9.59 Å². The molecule has 2 aromatic carbocycles. The summed E-state index contributed by atoms with van der Waals surface area (Å²) in [5.74, 6) is -0.100. The number of rotatable bonds is 8. The van der Waals surface area contributed by atoms with Gasteiger partial charge in [-0.2, -0.15) is 0 Å². The molecule has 0 radical (unpaired) electrons. The molecule has 4 nitrogen and oxygen atoms in total. The maximum absolute atomic E-state index is 13.2. The molecule has 2 amide bonds. The fraction of sp³-hybridized carbons (Fsp3) is 0.462. The molecule has 0 unspecified atom stereocenters. The third-order valence-electron chi connectivity index (χ3n) is 6.16. The predicted octanol–water partition coefficient (Wildman–Crippen LogP) is 5.45. The van der Waals surface area contributed by atoms with E-state index >= 15 is 0 Å². The van der Waals surface area contributed by atoms with Crippen LogP contribution in [0.25, 0.3) is 0 Å². The SMILES string of the molecule is Cc1ccc(CN(C(=O)CCc2ccccc2Cl)[C@H](C)C(=O)NC2CCCCC2)cc1. The molecule has 2 aromatic rings. The average Bonchev–Trinajstić information content (AvgIpc) is 2.78. The number of halogens is 1. The van der Waals surface area contributed by atoms with E-state index in [1.165, 1.54) is 12.0 Å². The number of hydrogen-bond donors (Lipinski definition) is 1. The van der Waals surface area contributed by atoms with Crippen molar-refractivity contribution in [2.75, 3.05) is 0 Å². The highest BCUT2D eigenvalue weighted by Crippen LogP contribution is 2.20. The van der Waals surface area contributed by atoms with Crippen LogP contribution in [0.15, 0.2) is 48.5 Å². The lowest BCUT2D eigenvalue weighted by molar-refractivity contribution is -0.141. The first-order valence-electron chi connectivity index (χ1n) is 11.3. The summed E-state index contributed by atoms with van der Waals surface area (Å²) >= 11 is 6.26. The average molecular weight is 441 g/mol. The number of amides is 2. The number of nitrogens with zero attached hydrogens (tertiary/aromatic N) is 1. The molecule has 0 spiro atoms. The fourth-order valence-electron chi connectivity index (χ4n) is 4.13. The van der Waals surface area contributed by atoms with Crippen molar-refractivity contribution >= 4 is 23.4 Å². The number of hydrogen-bond acceptors (Lipinski definition) is 2. The zero-order valence-electron chi connectivity index (χ0n) is 18.6. The molecule has 1 fully saturated rings. The number of nitrogens with one attached hydrogen (secondary N) is 1. The normalized spacial score (nSPS) is 15.3. The maximum Gasteiger partial charge on any atom is 0.242 e. The number of carbonyl (C=O) groups is 2. The van der Waals surface area contributed by atoms with Crippen LogP contribution in [0.3, 0.4) is 0 Å². The van der Waals surface area contributed by atoms with E-state index in [2.05, 4.69) is 5.32 Å². The third-order valence-corrected chi connectivity index (χ3v) is 6.53. The summed E-state index contributed by atoms with van der Waals surface area (Å²) in [6.45, 7) is 4.29. The van der Waals surface area contributed by atoms with E-state index in [4.69, 9.17) is 11.6 Å². The molecule has 0 heterocycles. The Morgan fingerprint density at radius 2 is 1.74 bits per heavy atom. The van der Waals surface area contributed by atoms with Crippen molar-refractivity contribution in [3.05, 3.63) is 70.2 Å². The third kappa shape index (κ3) is 6.83. The highest BCUT2D eigenvalue weighted by Gasteiger charge is 2.28. The van der Waals surface area contributed by atoms with Crippen LogP contribution in [-0.4, -0.2) is 28.8 Å². The van der Waals surface area contributed by atoms with Gasteiger partial charge in [-0.3, -0.25) is 9.59 Å². The predicted molar refractivity (Wildman–Crippen MR) is 126 cm³/mol. The Balaban J connectivity index is 1.70. The first-order chi connectivity index (χ1) is 14.9. The Kier molecular flexibility index (Phi) is 8.53. The van der Waals surface area contributed by atoms with Crippen molar-refractivity contribution in [2.45, 2.75) is 77.4 Å². The minimum Gasteiger partial charge on any atom is -0.352 e. The highest BCUT2D eigenvalue weighted by atomic mass is 35.5. The molecule has 0 aliphatic heterocycles. The summed E-state index contributed by atoms with van der Waals surface area (Å²) in [5, 5.41) is 3.85. The monoisotopic (exact) mass is 440 g/mol. The van der Waals surface area contributed by atoms with Gasteiger partial charge in [-0.05, 0) is 50.3 Å². The van der Waals surface area contributed by atoms with Gasteiger partial charge < -0.3 is 10.2 Å². The number of carbonyl (C=O) groups excluding carboxylic acids is 2. The lowest BCUT2D eigenvalue weighted by Crippen LogP contribution is -2.50. The van der Waals surface area contributed by atoms with Crippen LogP contribution < -0.4 is 5.32 Å². The quantitative estimate of drug-likeness (QED) is 0.593. The zero-order valence-corrected chi connectivity index (χ0v) is 19.3. The van der Waals surface area contributed by atoms with Crippen LogP contribution in [0.4, 0.5) is 0 Å². The zero-order chi connectivity index (χ0) is 22.2. The van der Waals surface area contributed by atoms with Crippen LogP contribution in [0.5, 0.6) is 0 Å². The van der Waals surface area contributed by atoms with E-state index in [9.17, 15) is 9.59 Å². The molecule has 0 aromatic heterocycles. The minimum atomic E-state index is -0.526. The molecule has 1 atom stereocenters. The molecular weight excluding hydrogens is 408 g/mol. The number of aryl methyl sites for hydroxylation is 2. The second kappa shape index (κ2) is 11.3. The lowest BCUT2D eigenvalue weighted by Gasteiger charge is -2.31. The standard InChI is InChI=1S/C26H33ClN2O2/c1-19-12-14-21(15-13-19)18-29(20(2)26(31)28-23-9-4-3-5-10-23)25(30)17-16-22-8-6-7-11-24(22)27/h6-8,11-15,20,23H,3-5,9-10,16-18H2,1-2H3,(H,28,31)/t20-/m1/s1. The maximum atomic E-state index is 13.2. The lowest BCUT2D eigenvalue weighted by atomic mass is 9.95. The first-order valence-corrected chi connectivity index (χ1v) is 11.7. The van der Waals surface area contributed by atoms with Gasteiger partial charge in [0, 0.05) is 24.0 Å². The van der Waals surface area contributed by atoms with Gasteiger partial charge in [0.25, 0.3) is 0 Å². The Labute approximate surface area is 191 Å². The molecule has 1 aliphatic carbocycles. The van der Waals surface area contributed by atoms with Gasteiger partial charge >= 0.3 is 0 Å². The topological polar surface area (TPSA) is 49.4 Å². The molecule has 31 heavy (non-hydrogen) atoms. The Morgan fingerprint density at radius 3 is 2.42 bits per heavy atom. The molecule has 0 saturated heterocycles. The van der Waals surface area contributed by atoms with Crippen LogP contribution in [-0.2, 0) is 22.6 Å². The molecule has 1 aliphatic rings. The van der Waals surface area contributed by atoms with E-state index in [0.29, 0.717) is 24.4 Å². The number of benzene rings is 2. The van der Waals surface area contributed by atoms with Gasteiger partial charge in [-0.1, -0.05) is 78.9 Å². The van der Waals surface area contributed by atoms with Crippen LogP contribution in [0, 0.1) is 6.92 Å². The Hall–Kier alpha value is -2.33. The Bertz CT molecular complexity index is 875. The molecule has 3 rings (SSSR count). The van der Waals surface area contributed by atoms with E-state index in [1.807, 2.05) is 62.4 Å². The molecule has 166 valence electrons. The highest BCUT2D eigenvalue weighted by molar-refractivity contribution is 6.31. The molecule has 1 N–H and O–H groups in total. The van der Waals surface area contributed by atoms with E-state index in [-0.39, 0.29) is 17.9 Å². The molecule has 0 bridgehead atoms. The summed E-state index contributed by atoms with van der Waals surface area (Å²) < 4.78 is 0. The molecule has 5 heteroatoms. The van der Waals surface area contributed by atoms with E-state index in [0.717, 1.165) is 36.8 Å². The summed E-state index contributed by atoms with van der Waals surface area (Å²) in [7, 11) is 0. The van der Waals surface area contributed by atoms with Crippen molar-refractivity contribution in [3.63, 3.8) is 0 Å². The minimum absolute atomic E-state index is 0.0354. The fourth-order valence-corrected chi connectivity index (χ4v) is 4.36. The largest absolute Gasteiger partial charge is 0.352 e. The molecular formula is C26H33ClN2O2. The Morgan fingerprint density at radius 1 is 1.06 bits per heavy atom. The van der Waals surface area contributed by atoms with Gasteiger partial charge in [0.2, 0.25) is 11.8 Å². The van der Waals surface area contributed by atoms with E-state index in [1.54, 1.807) is 4.90 Å². The van der Waals surface area contributed by atoms with Crippen molar-refractivity contribution in [1.29, 1.82) is 0 Å². The van der Waals surface area contributed by atoms with Crippen molar-refractivity contribution in [3.8, 4) is 0 Å². The van der Waals surface area contributed by atoms with Gasteiger partial charge in [0.05, 0.1) is 0 Å². The molecule has 1 saturated carbocycles. The van der Waals surface area contributed by atoms with E-state index < -0.39 is 6.04 Å². The summed E-state index contributed by atoms with van der Waals surface area (Å²) in [6.07, 6.45) is 6.47.